The third-order valence-electron chi connectivity index (χ3n) is 2.80. The van der Waals surface area contributed by atoms with E-state index in [4.69, 9.17) is 0 Å². The molecular formula is C12H15NOS. The molecule has 0 spiro atoms. The predicted octanol–water partition coefficient (Wildman–Crippen LogP) is 1.89. The number of fused-ring (bicyclic) bond motifs is 1. The Morgan fingerprint density at radius 3 is 2.73 bits per heavy atom. The number of thiol groups is 1. The topological polar surface area (TPSA) is 20.3 Å². The molecule has 1 aromatic rings. The Bertz CT molecular complexity index is 376. The molecule has 1 heterocycles. The number of benzene rings is 1. The van der Waals surface area contributed by atoms with E-state index in [1.807, 2.05) is 17.9 Å². The fraction of sp³-hybridized carbons (Fsp3) is 0.417. The number of hydrogen-bond acceptors (Lipinski definition) is 2. The first-order valence-electron chi connectivity index (χ1n) is 5.22. The van der Waals surface area contributed by atoms with Crippen LogP contribution in [0.4, 0.5) is 0 Å². The molecule has 0 aromatic heterocycles. The van der Waals surface area contributed by atoms with Crippen LogP contribution in [0.5, 0.6) is 0 Å². The van der Waals surface area contributed by atoms with E-state index in [1.54, 1.807) is 0 Å². The van der Waals surface area contributed by atoms with Gasteiger partial charge >= 0.3 is 0 Å². The lowest BCUT2D eigenvalue weighted by atomic mass is 10.00. The Labute approximate surface area is 95.7 Å². The molecule has 3 heteroatoms. The minimum atomic E-state index is -0.199. The highest BCUT2D eigenvalue weighted by Crippen LogP contribution is 2.19. The molecule has 1 aliphatic heterocycles. The van der Waals surface area contributed by atoms with E-state index in [2.05, 4.69) is 30.8 Å². The maximum atomic E-state index is 11.8. The summed E-state index contributed by atoms with van der Waals surface area (Å²) in [5.41, 5.74) is 2.64. The molecule has 0 radical (unpaired) electrons. The molecule has 0 fully saturated rings. The van der Waals surface area contributed by atoms with Crippen LogP contribution in [0.1, 0.15) is 18.1 Å². The number of carbonyl (C=O) groups excluding carboxylic acids is 1. The van der Waals surface area contributed by atoms with Crippen molar-refractivity contribution in [2.75, 3.05) is 6.54 Å². The van der Waals surface area contributed by atoms with Crippen LogP contribution >= 0.6 is 12.6 Å². The highest BCUT2D eigenvalue weighted by atomic mass is 32.1. The summed E-state index contributed by atoms with van der Waals surface area (Å²) < 4.78 is 0. The van der Waals surface area contributed by atoms with Crippen molar-refractivity contribution < 1.29 is 4.79 Å². The number of rotatable bonds is 1. The lowest BCUT2D eigenvalue weighted by Gasteiger charge is -2.29. The maximum Gasteiger partial charge on any atom is 0.235 e. The monoisotopic (exact) mass is 221 g/mol. The van der Waals surface area contributed by atoms with Crippen molar-refractivity contribution in [3.8, 4) is 0 Å². The van der Waals surface area contributed by atoms with Gasteiger partial charge in [-0.05, 0) is 24.5 Å². The van der Waals surface area contributed by atoms with Gasteiger partial charge in [-0.15, -0.1) is 0 Å². The van der Waals surface area contributed by atoms with Gasteiger partial charge in [0.25, 0.3) is 0 Å². The fourth-order valence-corrected chi connectivity index (χ4v) is 2.11. The molecule has 15 heavy (non-hydrogen) atoms. The SMILES string of the molecule is CC(S)C(=O)N1CCc2ccccc2C1. The second-order valence-electron chi connectivity index (χ2n) is 3.95. The van der Waals surface area contributed by atoms with Crippen LogP contribution in [0, 0.1) is 0 Å². The van der Waals surface area contributed by atoms with Gasteiger partial charge in [0.05, 0.1) is 5.25 Å². The summed E-state index contributed by atoms with van der Waals surface area (Å²) in [6, 6.07) is 8.31. The number of amides is 1. The van der Waals surface area contributed by atoms with Crippen LogP contribution < -0.4 is 0 Å². The standard InChI is InChI=1S/C12H15NOS/c1-9(15)12(14)13-7-6-10-4-2-3-5-11(10)8-13/h2-5,9,15H,6-8H2,1H3. The van der Waals surface area contributed by atoms with Gasteiger partial charge in [0, 0.05) is 13.1 Å². The van der Waals surface area contributed by atoms with E-state index in [-0.39, 0.29) is 11.2 Å². The third kappa shape index (κ3) is 2.17. The predicted molar refractivity (Wildman–Crippen MR) is 64.0 cm³/mol. The van der Waals surface area contributed by atoms with Crippen molar-refractivity contribution in [2.24, 2.45) is 0 Å². The Hall–Kier alpha value is -0.960. The summed E-state index contributed by atoms with van der Waals surface area (Å²) in [6.07, 6.45) is 0.961. The van der Waals surface area contributed by atoms with Gasteiger partial charge in [-0.25, -0.2) is 0 Å². The van der Waals surface area contributed by atoms with Gasteiger partial charge < -0.3 is 4.90 Å². The first-order valence-corrected chi connectivity index (χ1v) is 5.74. The molecule has 1 unspecified atom stereocenters. The van der Waals surface area contributed by atoms with Gasteiger partial charge in [0.2, 0.25) is 5.91 Å². The van der Waals surface area contributed by atoms with Crippen molar-refractivity contribution in [3.05, 3.63) is 35.4 Å². The van der Waals surface area contributed by atoms with Gasteiger partial charge in [0.1, 0.15) is 0 Å². The lowest BCUT2D eigenvalue weighted by molar-refractivity contribution is -0.131. The first kappa shape index (κ1) is 10.6. The van der Waals surface area contributed by atoms with Gasteiger partial charge in [0.15, 0.2) is 0 Å². The largest absolute Gasteiger partial charge is 0.337 e. The van der Waals surface area contributed by atoms with E-state index < -0.39 is 0 Å². The molecule has 0 saturated heterocycles. The highest BCUT2D eigenvalue weighted by Gasteiger charge is 2.22. The van der Waals surface area contributed by atoms with E-state index in [0.29, 0.717) is 0 Å². The average Bonchev–Trinajstić information content (AvgIpc) is 2.27. The van der Waals surface area contributed by atoms with Crippen LogP contribution in [-0.2, 0) is 17.8 Å². The van der Waals surface area contributed by atoms with E-state index in [1.165, 1.54) is 11.1 Å². The van der Waals surface area contributed by atoms with Crippen LogP contribution in [0.3, 0.4) is 0 Å². The quantitative estimate of drug-likeness (QED) is 0.718. The van der Waals surface area contributed by atoms with Crippen LogP contribution in [0.2, 0.25) is 0 Å². The zero-order valence-corrected chi connectivity index (χ0v) is 9.71. The highest BCUT2D eigenvalue weighted by molar-refractivity contribution is 7.81. The molecule has 0 aliphatic carbocycles. The summed E-state index contributed by atoms with van der Waals surface area (Å²) in [7, 11) is 0. The minimum Gasteiger partial charge on any atom is -0.337 e. The third-order valence-corrected chi connectivity index (χ3v) is 3.02. The van der Waals surface area contributed by atoms with Crippen molar-refractivity contribution in [2.45, 2.75) is 25.1 Å². The van der Waals surface area contributed by atoms with E-state index in [0.717, 1.165) is 19.5 Å². The van der Waals surface area contributed by atoms with Crippen LogP contribution in [0.15, 0.2) is 24.3 Å². The Morgan fingerprint density at radius 2 is 2.07 bits per heavy atom. The number of carbonyl (C=O) groups is 1. The zero-order chi connectivity index (χ0) is 10.8. The van der Waals surface area contributed by atoms with E-state index >= 15 is 0 Å². The lowest BCUT2D eigenvalue weighted by Crippen LogP contribution is -2.39. The van der Waals surface area contributed by atoms with Gasteiger partial charge in [-0.2, -0.15) is 12.6 Å². The minimum absolute atomic E-state index is 0.132. The zero-order valence-electron chi connectivity index (χ0n) is 8.81. The molecule has 2 nitrogen and oxygen atoms in total. The van der Waals surface area contributed by atoms with Crippen molar-refractivity contribution >= 4 is 18.5 Å². The summed E-state index contributed by atoms with van der Waals surface area (Å²) in [5, 5.41) is -0.199. The molecule has 0 N–H and O–H groups in total. The van der Waals surface area contributed by atoms with Gasteiger partial charge in [-0.1, -0.05) is 24.3 Å². The Balaban J connectivity index is 2.15. The Kier molecular flexibility index (Phi) is 3.00. The second kappa shape index (κ2) is 4.27. The summed E-state index contributed by atoms with van der Waals surface area (Å²) >= 11 is 4.18. The number of nitrogens with zero attached hydrogens (tertiary/aromatic N) is 1. The molecule has 1 atom stereocenters. The molecule has 80 valence electrons. The molecular weight excluding hydrogens is 206 g/mol. The molecule has 1 aromatic carbocycles. The summed E-state index contributed by atoms with van der Waals surface area (Å²) in [6.45, 7) is 3.38. The van der Waals surface area contributed by atoms with Gasteiger partial charge in [-0.3, -0.25) is 4.79 Å². The second-order valence-corrected chi connectivity index (χ2v) is 4.73. The molecule has 0 saturated carbocycles. The molecule has 1 aliphatic rings. The maximum absolute atomic E-state index is 11.8. The molecule has 1 amide bonds. The fourth-order valence-electron chi connectivity index (χ4n) is 1.95. The van der Waals surface area contributed by atoms with Crippen LogP contribution in [-0.4, -0.2) is 22.6 Å². The summed E-state index contributed by atoms with van der Waals surface area (Å²) in [4.78, 5) is 13.6. The number of hydrogen-bond donors (Lipinski definition) is 1. The molecule has 0 bridgehead atoms. The Morgan fingerprint density at radius 1 is 1.40 bits per heavy atom. The first-order chi connectivity index (χ1) is 7.18. The summed E-state index contributed by atoms with van der Waals surface area (Å²) in [5.74, 6) is 0.132. The smallest absolute Gasteiger partial charge is 0.235 e. The average molecular weight is 221 g/mol. The van der Waals surface area contributed by atoms with Crippen molar-refractivity contribution in [3.63, 3.8) is 0 Å². The van der Waals surface area contributed by atoms with Crippen molar-refractivity contribution in [1.29, 1.82) is 0 Å². The normalized spacial score (nSPS) is 17.1. The van der Waals surface area contributed by atoms with Crippen LogP contribution in [0.25, 0.3) is 0 Å². The van der Waals surface area contributed by atoms with E-state index in [9.17, 15) is 4.79 Å². The molecule has 2 rings (SSSR count). The van der Waals surface area contributed by atoms with Crippen molar-refractivity contribution in [1.82, 2.24) is 4.90 Å².